The van der Waals surface area contributed by atoms with Crippen LogP contribution in [-0.2, 0) is 19.9 Å². The fourth-order valence-corrected chi connectivity index (χ4v) is 5.81. The zero-order chi connectivity index (χ0) is 29.2. The first-order valence-electron chi connectivity index (χ1n) is 14.1. The number of rotatable bonds is 12. The predicted octanol–water partition coefficient (Wildman–Crippen LogP) is 7.23. The van der Waals surface area contributed by atoms with Gasteiger partial charge in [-0.1, -0.05) is 77.8 Å². The molecule has 0 aliphatic carbocycles. The molecule has 1 atom stereocenters. The van der Waals surface area contributed by atoms with Crippen molar-refractivity contribution < 1.29 is 19.1 Å². The fraction of sp³-hybridized carbons (Fsp3) is 0.394. The van der Waals surface area contributed by atoms with Gasteiger partial charge in [0.05, 0.1) is 22.3 Å². The lowest BCUT2D eigenvalue weighted by Crippen LogP contribution is -2.45. The van der Waals surface area contributed by atoms with E-state index in [0.717, 1.165) is 50.0 Å². The van der Waals surface area contributed by atoms with Crippen LogP contribution in [0.3, 0.4) is 0 Å². The monoisotopic (exact) mass is 632 g/mol. The quantitative estimate of drug-likeness (QED) is 0.156. The number of carbonyl (C=O) groups is 2. The Morgan fingerprint density at radius 1 is 0.929 bits per heavy atom. The molecule has 4 rings (SSSR count). The molecule has 1 fully saturated rings. The van der Waals surface area contributed by atoms with E-state index in [4.69, 9.17) is 32.7 Å². The second-order valence-electron chi connectivity index (χ2n) is 10.6. The maximum Gasteiger partial charge on any atom is 0.302 e. The highest BCUT2D eigenvalue weighted by Gasteiger charge is 2.37. The Bertz CT molecular complexity index is 1280. The molecule has 1 aliphatic rings. The Morgan fingerprint density at radius 2 is 1.57 bits per heavy atom. The van der Waals surface area contributed by atoms with Crippen molar-refractivity contribution in [3.8, 4) is 0 Å². The first-order chi connectivity index (χ1) is 19.8. The molecule has 1 heterocycles. The van der Waals surface area contributed by atoms with E-state index in [2.05, 4.69) is 17.0 Å². The minimum Gasteiger partial charge on any atom is -0.463 e. The summed E-state index contributed by atoms with van der Waals surface area (Å²) in [5.41, 5.74) is 2.47. The van der Waals surface area contributed by atoms with Crippen LogP contribution in [0.5, 0.6) is 0 Å². The topological polar surface area (TPSA) is 59.1 Å². The molecule has 9 heteroatoms. The van der Waals surface area contributed by atoms with Crippen molar-refractivity contribution in [2.45, 2.75) is 37.7 Å². The summed E-state index contributed by atoms with van der Waals surface area (Å²) < 4.78 is 11.5. The maximum absolute atomic E-state index is 13.1. The van der Waals surface area contributed by atoms with E-state index in [1.165, 1.54) is 6.92 Å². The van der Waals surface area contributed by atoms with Crippen LogP contribution in [0.1, 0.15) is 53.6 Å². The smallest absolute Gasteiger partial charge is 0.302 e. The van der Waals surface area contributed by atoms with Gasteiger partial charge in [0.2, 0.25) is 0 Å². The largest absolute Gasteiger partial charge is 0.463 e. The first kappa shape index (κ1) is 33.9. The number of likely N-dealkylation sites (tertiary alicyclic amines) is 1. The summed E-state index contributed by atoms with van der Waals surface area (Å²) >= 11 is 12.6. The molecule has 0 N–H and O–H groups in total. The highest BCUT2D eigenvalue weighted by molar-refractivity contribution is 6.42. The van der Waals surface area contributed by atoms with Gasteiger partial charge in [-0.2, -0.15) is 0 Å². The summed E-state index contributed by atoms with van der Waals surface area (Å²) in [6.07, 6.45) is 2.53. The lowest BCUT2D eigenvalue weighted by molar-refractivity contribution is -0.147. The van der Waals surface area contributed by atoms with Crippen molar-refractivity contribution >= 4 is 47.5 Å². The van der Waals surface area contributed by atoms with E-state index in [-0.39, 0.29) is 36.8 Å². The molecule has 3 aromatic carbocycles. The summed E-state index contributed by atoms with van der Waals surface area (Å²) in [7, 11) is 1.85. The Balaban J connectivity index is 0.00000484. The van der Waals surface area contributed by atoms with Crippen LogP contribution >= 0.6 is 35.6 Å². The maximum atomic E-state index is 13.1. The molecule has 0 saturated carbocycles. The van der Waals surface area contributed by atoms with Gasteiger partial charge in [-0.15, -0.1) is 12.4 Å². The van der Waals surface area contributed by atoms with Gasteiger partial charge < -0.3 is 19.3 Å². The van der Waals surface area contributed by atoms with Crippen LogP contribution in [0.15, 0.2) is 78.9 Å². The van der Waals surface area contributed by atoms with Gasteiger partial charge in [-0.25, -0.2) is 0 Å². The van der Waals surface area contributed by atoms with Gasteiger partial charge in [-0.05, 0) is 61.2 Å². The normalized spacial score (nSPS) is 15.3. The number of likely N-dealkylation sites (N-methyl/N-ethyl adjacent to an activating group) is 1. The molecular weight excluding hydrogens is 595 g/mol. The molecule has 0 radical (unpaired) electrons. The molecule has 6 nitrogen and oxygen atoms in total. The molecule has 0 bridgehead atoms. The number of piperidine rings is 1. The Labute approximate surface area is 265 Å². The third-order valence-electron chi connectivity index (χ3n) is 7.80. The number of ether oxygens (including phenoxy) is 2. The zero-order valence-corrected chi connectivity index (χ0v) is 26.5. The van der Waals surface area contributed by atoms with Crippen molar-refractivity contribution in [3.63, 3.8) is 0 Å². The van der Waals surface area contributed by atoms with Gasteiger partial charge >= 0.3 is 5.97 Å². The standard InChI is InChI=1S/C33H38Cl2N2O4.ClH/c1-25(38)40-21-22-41-33(29-11-7-4-8-12-29)16-19-37(20-17-33)18-15-28(27-13-14-30(34)31(35)23-27)24-36(2)32(39)26-9-5-3-6-10-26;/h3-14,23,28H,15-22,24H2,1-2H3;1H. The number of benzene rings is 3. The van der Waals surface area contributed by atoms with E-state index in [0.29, 0.717) is 28.8 Å². The molecule has 0 spiro atoms. The van der Waals surface area contributed by atoms with Crippen LogP contribution in [0.2, 0.25) is 10.0 Å². The van der Waals surface area contributed by atoms with E-state index in [1.54, 1.807) is 4.90 Å². The third-order valence-corrected chi connectivity index (χ3v) is 8.54. The van der Waals surface area contributed by atoms with Gasteiger partial charge in [-0.3, -0.25) is 9.59 Å². The van der Waals surface area contributed by atoms with Crippen LogP contribution in [0, 0.1) is 0 Å². The SMILES string of the molecule is CC(=O)OCCOC1(c2ccccc2)CCN(CCC(CN(C)C(=O)c2ccccc2)c2ccc(Cl)c(Cl)c2)CC1.Cl. The minimum absolute atomic E-state index is 0. The molecule has 42 heavy (non-hydrogen) atoms. The van der Waals surface area contributed by atoms with Crippen LogP contribution in [-0.4, -0.2) is 68.1 Å². The van der Waals surface area contributed by atoms with E-state index < -0.39 is 5.60 Å². The second kappa shape index (κ2) is 16.3. The van der Waals surface area contributed by atoms with Crippen molar-refractivity contribution in [1.82, 2.24) is 9.80 Å². The number of halogens is 3. The number of nitrogens with zero attached hydrogens (tertiary/aromatic N) is 2. The highest BCUT2D eigenvalue weighted by atomic mass is 35.5. The average Bonchev–Trinajstić information content (AvgIpc) is 3.00. The zero-order valence-electron chi connectivity index (χ0n) is 24.1. The number of carbonyl (C=O) groups excluding carboxylic acids is 2. The molecule has 3 aromatic rings. The van der Waals surface area contributed by atoms with Gasteiger partial charge in [0.15, 0.2) is 0 Å². The summed E-state index contributed by atoms with van der Waals surface area (Å²) in [5.74, 6) is -0.222. The Hall–Kier alpha value is -2.61. The van der Waals surface area contributed by atoms with E-state index in [1.807, 2.05) is 73.8 Å². The van der Waals surface area contributed by atoms with Crippen molar-refractivity contribution in [1.29, 1.82) is 0 Å². The molecular formula is C33H39Cl3N2O4. The predicted molar refractivity (Wildman–Crippen MR) is 171 cm³/mol. The van der Waals surface area contributed by atoms with Gasteiger partial charge in [0, 0.05) is 45.1 Å². The van der Waals surface area contributed by atoms with Crippen molar-refractivity contribution in [2.24, 2.45) is 0 Å². The highest BCUT2D eigenvalue weighted by Crippen LogP contribution is 2.37. The molecule has 1 aliphatic heterocycles. The lowest BCUT2D eigenvalue weighted by atomic mass is 9.83. The Morgan fingerprint density at radius 3 is 2.19 bits per heavy atom. The minimum atomic E-state index is -0.413. The van der Waals surface area contributed by atoms with Crippen molar-refractivity contribution in [2.75, 3.05) is 46.4 Å². The van der Waals surface area contributed by atoms with E-state index in [9.17, 15) is 9.59 Å². The average molecular weight is 634 g/mol. The second-order valence-corrected chi connectivity index (χ2v) is 11.4. The summed E-state index contributed by atoms with van der Waals surface area (Å²) in [6, 6.07) is 25.4. The Kier molecular flexibility index (Phi) is 13.1. The number of hydrogen-bond donors (Lipinski definition) is 0. The van der Waals surface area contributed by atoms with Crippen LogP contribution in [0.25, 0.3) is 0 Å². The van der Waals surface area contributed by atoms with Crippen molar-refractivity contribution in [3.05, 3.63) is 106 Å². The lowest BCUT2D eigenvalue weighted by Gasteiger charge is -2.42. The summed E-state index contributed by atoms with van der Waals surface area (Å²) in [4.78, 5) is 28.6. The number of esters is 1. The van der Waals surface area contributed by atoms with E-state index >= 15 is 0 Å². The van der Waals surface area contributed by atoms with Gasteiger partial charge in [0.25, 0.3) is 5.91 Å². The summed E-state index contributed by atoms with van der Waals surface area (Å²) in [5, 5.41) is 1.03. The first-order valence-corrected chi connectivity index (χ1v) is 14.8. The number of hydrogen-bond acceptors (Lipinski definition) is 5. The third kappa shape index (κ3) is 9.19. The van der Waals surface area contributed by atoms with Crippen LogP contribution < -0.4 is 0 Å². The number of amides is 1. The molecule has 0 aromatic heterocycles. The summed E-state index contributed by atoms with van der Waals surface area (Å²) in [6.45, 7) is 5.18. The molecule has 1 amide bonds. The molecule has 1 unspecified atom stereocenters. The van der Waals surface area contributed by atoms with Crippen LogP contribution in [0.4, 0.5) is 0 Å². The fourth-order valence-electron chi connectivity index (χ4n) is 5.50. The molecule has 1 saturated heterocycles. The molecule has 226 valence electrons. The van der Waals surface area contributed by atoms with Gasteiger partial charge in [0.1, 0.15) is 6.61 Å².